The van der Waals surface area contributed by atoms with Gasteiger partial charge in [-0.1, -0.05) is 12.8 Å². The van der Waals surface area contributed by atoms with E-state index in [9.17, 15) is 5.11 Å². The summed E-state index contributed by atoms with van der Waals surface area (Å²) in [5, 5.41) is 15.4. The molecule has 0 amide bonds. The smallest absolute Gasteiger partial charge is 0.0693 e. The van der Waals surface area contributed by atoms with Crippen molar-refractivity contribution in [2.45, 2.75) is 51.3 Å². The molecule has 1 heterocycles. The Bertz CT molecular complexity index is 310. The largest absolute Gasteiger partial charge is 0.392 e. The predicted molar refractivity (Wildman–Crippen MR) is 64.2 cm³/mol. The Kier molecular flexibility index (Phi) is 3.78. The number of aliphatic hydroxyl groups is 1. The molecule has 0 unspecified atom stereocenters. The molecule has 1 fully saturated rings. The van der Waals surface area contributed by atoms with Crippen LogP contribution >= 0.6 is 11.3 Å². The first-order valence-corrected chi connectivity index (χ1v) is 6.60. The standard InChI is InChI=1S/C12H19NOS/c1-9-6-7-15-12(9)8-13-10-4-2-3-5-11(10)14/h6-7,10-11,13-14H,2-5,8H2,1H3/t10-,11-/m1/s1. The molecule has 2 nitrogen and oxygen atoms in total. The van der Waals surface area contributed by atoms with Crippen molar-refractivity contribution >= 4 is 11.3 Å². The fourth-order valence-electron chi connectivity index (χ4n) is 2.16. The summed E-state index contributed by atoms with van der Waals surface area (Å²) in [5.74, 6) is 0. The molecule has 1 saturated carbocycles. The summed E-state index contributed by atoms with van der Waals surface area (Å²) < 4.78 is 0. The molecule has 0 aliphatic heterocycles. The molecule has 1 aromatic rings. The average Bonchev–Trinajstić information content (AvgIpc) is 2.63. The molecular weight excluding hydrogens is 206 g/mol. The van der Waals surface area contributed by atoms with Crippen LogP contribution in [0, 0.1) is 6.92 Å². The van der Waals surface area contributed by atoms with Crippen molar-refractivity contribution in [2.75, 3.05) is 0 Å². The first-order chi connectivity index (χ1) is 7.27. The normalized spacial score (nSPS) is 26.8. The summed E-state index contributed by atoms with van der Waals surface area (Å²) in [6.45, 7) is 3.05. The van der Waals surface area contributed by atoms with E-state index in [0.717, 1.165) is 19.4 Å². The quantitative estimate of drug-likeness (QED) is 0.828. The summed E-state index contributed by atoms with van der Waals surface area (Å²) in [6, 6.07) is 2.46. The second-order valence-electron chi connectivity index (χ2n) is 4.37. The number of hydrogen-bond donors (Lipinski definition) is 2. The number of rotatable bonds is 3. The third-order valence-electron chi connectivity index (χ3n) is 3.22. The van der Waals surface area contributed by atoms with Gasteiger partial charge in [0.05, 0.1) is 6.10 Å². The fourth-order valence-corrected chi connectivity index (χ4v) is 3.02. The van der Waals surface area contributed by atoms with E-state index in [-0.39, 0.29) is 6.10 Å². The van der Waals surface area contributed by atoms with Crippen molar-refractivity contribution in [2.24, 2.45) is 0 Å². The third kappa shape index (κ3) is 2.80. The van der Waals surface area contributed by atoms with Crippen molar-refractivity contribution in [3.05, 3.63) is 21.9 Å². The van der Waals surface area contributed by atoms with Gasteiger partial charge in [-0.15, -0.1) is 11.3 Å². The van der Waals surface area contributed by atoms with Crippen LogP contribution in [0.5, 0.6) is 0 Å². The van der Waals surface area contributed by atoms with E-state index in [1.54, 1.807) is 11.3 Å². The van der Waals surface area contributed by atoms with Crippen molar-refractivity contribution in [3.63, 3.8) is 0 Å². The maximum atomic E-state index is 9.81. The van der Waals surface area contributed by atoms with Crippen molar-refractivity contribution in [3.8, 4) is 0 Å². The number of nitrogens with one attached hydrogen (secondary N) is 1. The molecule has 0 bridgehead atoms. The van der Waals surface area contributed by atoms with Crippen LogP contribution in [0.3, 0.4) is 0 Å². The van der Waals surface area contributed by atoms with E-state index in [2.05, 4.69) is 23.7 Å². The molecule has 2 atom stereocenters. The first-order valence-electron chi connectivity index (χ1n) is 5.72. The highest BCUT2D eigenvalue weighted by Gasteiger charge is 2.22. The van der Waals surface area contributed by atoms with E-state index in [1.807, 2.05) is 0 Å². The van der Waals surface area contributed by atoms with Gasteiger partial charge in [-0.3, -0.25) is 0 Å². The molecule has 84 valence electrons. The van der Waals surface area contributed by atoms with Crippen LogP contribution < -0.4 is 5.32 Å². The van der Waals surface area contributed by atoms with Gasteiger partial charge in [-0.05, 0) is 36.8 Å². The molecule has 0 aromatic carbocycles. The van der Waals surface area contributed by atoms with Gasteiger partial charge < -0.3 is 10.4 Å². The van der Waals surface area contributed by atoms with Gasteiger partial charge in [0.1, 0.15) is 0 Å². The second kappa shape index (κ2) is 5.10. The zero-order valence-electron chi connectivity index (χ0n) is 9.20. The molecule has 0 saturated heterocycles. The molecule has 1 aliphatic rings. The van der Waals surface area contributed by atoms with Crippen molar-refractivity contribution in [1.82, 2.24) is 5.32 Å². The first kappa shape index (κ1) is 11.1. The molecular formula is C12H19NOS. The van der Waals surface area contributed by atoms with Crippen LogP contribution in [0.1, 0.15) is 36.1 Å². The predicted octanol–water partition coefficient (Wildman–Crippen LogP) is 2.45. The minimum atomic E-state index is -0.140. The third-order valence-corrected chi connectivity index (χ3v) is 4.25. The van der Waals surface area contributed by atoms with Gasteiger partial charge in [0.2, 0.25) is 0 Å². The summed E-state index contributed by atoms with van der Waals surface area (Å²) >= 11 is 1.80. The molecule has 3 heteroatoms. The molecule has 15 heavy (non-hydrogen) atoms. The van der Waals surface area contributed by atoms with Crippen LogP contribution in [0.4, 0.5) is 0 Å². The van der Waals surface area contributed by atoms with Crippen LogP contribution in [-0.4, -0.2) is 17.3 Å². The van der Waals surface area contributed by atoms with E-state index in [0.29, 0.717) is 6.04 Å². The van der Waals surface area contributed by atoms with Crippen molar-refractivity contribution < 1.29 is 5.11 Å². The Morgan fingerprint density at radius 1 is 1.47 bits per heavy atom. The van der Waals surface area contributed by atoms with Crippen LogP contribution in [-0.2, 0) is 6.54 Å². The van der Waals surface area contributed by atoms with Gasteiger partial charge in [0.25, 0.3) is 0 Å². The lowest BCUT2D eigenvalue weighted by Gasteiger charge is -2.28. The Morgan fingerprint density at radius 2 is 2.27 bits per heavy atom. The maximum absolute atomic E-state index is 9.81. The molecule has 2 rings (SSSR count). The molecule has 2 N–H and O–H groups in total. The molecule has 0 spiro atoms. The zero-order chi connectivity index (χ0) is 10.7. The molecule has 1 aliphatic carbocycles. The van der Waals surface area contributed by atoms with E-state index < -0.39 is 0 Å². The van der Waals surface area contributed by atoms with Crippen LogP contribution in [0.2, 0.25) is 0 Å². The highest BCUT2D eigenvalue weighted by atomic mass is 32.1. The summed E-state index contributed by atoms with van der Waals surface area (Å²) in [4.78, 5) is 1.40. The fraction of sp³-hybridized carbons (Fsp3) is 0.667. The molecule has 0 radical (unpaired) electrons. The number of aryl methyl sites for hydroxylation is 1. The van der Waals surface area contributed by atoms with Gasteiger partial charge in [0, 0.05) is 17.5 Å². The number of thiophene rings is 1. The molecule has 1 aromatic heterocycles. The Morgan fingerprint density at radius 3 is 2.93 bits per heavy atom. The van der Waals surface area contributed by atoms with Crippen LogP contribution in [0.25, 0.3) is 0 Å². The van der Waals surface area contributed by atoms with Gasteiger partial charge in [-0.2, -0.15) is 0 Å². The highest BCUT2D eigenvalue weighted by molar-refractivity contribution is 7.10. The zero-order valence-corrected chi connectivity index (χ0v) is 10.0. The monoisotopic (exact) mass is 225 g/mol. The number of aliphatic hydroxyl groups excluding tert-OH is 1. The minimum Gasteiger partial charge on any atom is -0.392 e. The number of hydrogen-bond acceptors (Lipinski definition) is 3. The van der Waals surface area contributed by atoms with Crippen LogP contribution in [0.15, 0.2) is 11.4 Å². The Hall–Kier alpha value is -0.380. The van der Waals surface area contributed by atoms with E-state index in [4.69, 9.17) is 0 Å². The van der Waals surface area contributed by atoms with Gasteiger partial charge in [-0.25, -0.2) is 0 Å². The topological polar surface area (TPSA) is 32.3 Å². The lowest BCUT2D eigenvalue weighted by Crippen LogP contribution is -2.41. The summed E-state index contributed by atoms with van der Waals surface area (Å²) in [5.41, 5.74) is 1.36. The Labute approximate surface area is 95.3 Å². The lowest BCUT2D eigenvalue weighted by molar-refractivity contribution is 0.0904. The summed E-state index contributed by atoms with van der Waals surface area (Å²) in [7, 11) is 0. The van der Waals surface area contributed by atoms with Gasteiger partial charge >= 0.3 is 0 Å². The van der Waals surface area contributed by atoms with Crippen molar-refractivity contribution in [1.29, 1.82) is 0 Å². The highest BCUT2D eigenvalue weighted by Crippen LogP contribution is 2.20. The van der Waals surface area contributed by atoms with E-state index in [1.165, 1.54) is 23.3 Å². The summed E-state index contributed by atoms with van der Waals surface area (Å²) in [6.07, 6.45) is 4.36. The Balaban J connectivity index is 1.84. The van der Waals surface area contributed by atoms with Gasteiger partial charge in [0.15, 0.2) is 0 Å². The lowest BCUT2D eigenvalue weighted by atomic mass is 9.92. The SMILES string of the molecule is Cc1ccsc1CN[C@@H]1CCCC[C@H]1O. The maximum Gasteiger partial charge on any atom is 0.0693 e. The van der Waals surface area contributed by atoms with E-state index >= 15 is 0 Å². The average molecular weight is 225 g/mol. The minimum absolute atomic E-state index is 0.140. The second-order valence-corrected chi connectivity index (χ2v) is 5.37.